The number of halogens is 1. The van der Waals surface area contributed by atoms with Crippen molar-refractivity contribution in [1.82, 2.24) is 15.0 Å². The number of benzene rings is 3. The zero-order valence-electron chi connectivity index (χ0n) is 19.8. The van der Waals surface area contributed by atoms with Crippen molar-refractivity contribution >= 4 is 17.6 Å². The van der Waals surface area contributed by atoms with Crippen LogP contribution in [0, 0.1) is 6.92 Å². The minimum atomic E-state index is -0.890. The van der Waals surface area contributed by atoms with E-state index >= 15 is 0 Å². The summed E-state index contributed by atoms with van der Waals surface area (Å²) < 4.78 is 11.0. The zero-order chi connectivity index (χ0) is 24.9. The number of methoxy groups -OCH3 is 1. The molecule has 0 atom stereocenters. The van der Waals surface area contributed by atoms with Crippen LogP contribution in [-0.2, 0) is 22.7 Å². The van der Waals surface area contributed by atoms with E-state index in [1.807, 2.05) is 36.4 Å². The van der Waals surface area contributed by atoms with Gasteiger partial charge in [-0.25, -0.2) is 0 Å². The molecule has 0 aliphatic heterocycles. The Kier molecular flexibility index (Phi) is 7.60. The maximum atomic E-state index is 11.0. The van der Waals surface area contributed by atoms with E-state index in [2.05, 4.69) is 29.2 Å². The van der Waals surface area contributed by atoms with E-state index in [0.29, 0.717) is 35.5 Å². The fourth-order valence-corrected chi connectivity index (χ4v) is 4.32. The zero-order valence-corrected chi connectivity index (χ0v) is 20.5. The molecule has 0 spiro atoms. The smallest absolute Gasteiger partial charge is 0.317 e. The summed E-state index contributed by atoms with van der Waals surface area (Å²) >= 11 is 6.32. The Hall–Kier alpha value is -3.52. The minimum absolute atomic E-state index is 0.0729. The van der Waals surface area contributed by atoms with E-state index in [4.69, 9.17) is 26.0 Å². The Morgan fingerprint density at radius 1 is 1.09 bits per heavy atom. The van der Waals surface area contributed by atoms with Gasteiger partial charge in [0.2, 0.25) is 5.82 Å². The van der Waals surface area contributed by atoms with Crippen molar-refractivity contribution in [3.63, 3.8) is 0 Å². The van der Waals surface area contributed by atoms with Crippen LogP contribution < -0.4 is 0 Å². The Balaban J connectivity index is 1.64. The number of aliphatic carboxylic acids is 1. The molecule has 1 heterocycles. The predicted octanol–water partition coefficient (Wildman–Crippen LogP) is 5.70. The number of hydrogen-bond donors (Lipinski definition) is 1. The molecule has 1 aromatic heterocycles. The van der Waals surface area contributed by atoms with Crippen LogP contribution in [0.3, 0.4) is 0 Å². The van der Waals surface area contributed by atoms with Crippen LogP contribution in [0.15, 0.2) is 65.2 Å². The fourth-order valence-electron chi connectivity index (χ4n) is 4.07. The van der Waals surface area contributed by atoms with Gasteiger partial charge in [0, 0.05) is 29.8 Å². The summed E-state index contributed by atoms with van der Waals surface area (Å²) in [5, 5.41) is 13.7. The lowest BCUT2D eigenvalue weighted by atomic mass is 9.94. The van der Waals surface area contributed by atoms with Crippen molar-refractivity contribution in [3.8, 4) is 34.0 Å². The van der Waals surface area contributed by atoms with Crippen LogP contribution in [-0.4, -0.2) is 46.8 Å². The Morgan fingerprint density at radius 2 is 1.89 bits per heavy atom. The molecule has 7 nitrogen and oxygen atoms in total. The summed E-state index contributed by atoms with van der Waals surface area (Å²) in [5.41, 5.74) is 6.79. The molecule has 4 aromatic rings. The van der Waals surface area contributed by atoms with Crippen molar-refractivity contribution in [1.29, 1.82) is 0 Å². The van der Waals surface area contributed by atoms with E-state index in [1.54, 1.807) is 31.2 Å². The van der Waals surface area contributed by atoms with Crippen LogP contribution in [0.25, 0.3) is 34.0 Å². The van der Waals surface area contributed by atoms with Crippen LogP contribution in [0.5, 0.6) is 0 Å². The summed E-state index contributed by atoms with van der Waals surface area (Å²) in [5.74, 6) is -0.0991. The van der Waals surface area contributed by atoms with E-state index in [0.717, 1.165) is 27.8 Å². The number of likely N-dealkylation sites (N-methyl/N-ethyl adjacent to an activating group) is 1. The third-order valence-corrected chi connectivity index (χ3v) is 5.80. The number of aromatic nitrogens is 2. The molecule has 0 unspecified atom stereocenters. The molecular weight excluding hydrogens is 466 g/mol. The minimum Gasteiger partial charge on any atom is -0.480 e. The van der Waals surface area contributed by atoms with E-state index in [9.17, 15) is 4.79 Å². The first-order valence-corrected chi connectivity index (χ1v) is 11.4. The van der Waals surface area contributed by atoms with Crippen molar-refractivity contribution in [2.24, 2.45) is 0 Å². The molecule has 8 heteroatoms. The summed E-state index contributed by atoms with van der Waals surface area (Å²) in [6.07, 6.45) is 0. The number of nitrogens with zero attached hydrogens (tertiary/aromatic N) is 3. The van der Waals surface area contributed by atoms with Gasteiger partial charge in [-0.1, -0.05) is 47.1 Å². The first-order valence-electron chi connectivity index (χ1n) is 11.1. The molecule has 4 rings (SSSR count). The van der Waals surface area contributed by atoms with Gasteiger partial charge in [0.15, 0.2) is 0 Å². The molecular formula is C27H26ClN3O4. The first kappa shape index (κ1) is 24.6. The average Bonchev–Trinajstić information content (AvgIpc) is 3.29. The lowest BCUT2D eigenvalue weighted by molar-refractivity contribution is -0.138. The van der Waals surface area contributed by atoms with Crippen molar-refractivity contribution in [2.45, 2.75) is 20.1 Å². The third kappa shape index (κ3) is 5.95. The molecule has 0 aliphatic carbocycles. The molecule has 0 bridgehead atoms. The summed E-state index contributed by atoms with van der Waals surface area (Å²) in [6, 6.07) is 19.7. The lowest BCUT2D eigenvalue weighted by Crippen LogP contribution is -2.25. The molecule has 0 saturated carbocycles. The second kappa shape index (κ2) is 10.8. The molecule has 0 fully saturated rings. The molecule has 0 radical (unpaired) electrons. The number of rotatable bonds is 9. The Labute approximate surface area is 208 Å². The van der Waals surface area contributed by atoms with Crippen LogP contribution in [0.1, 0.15) is 16.7 Å². The molecule has 1 N–H and O–H groups in total. The average molecular weight is 492 g/mol. The normalized spacial score (nSPS) is 11.2. The first-order chi connectivity index (χ1) is 16.8. The van der Waals surface area contributed by atoms with Gasteiger partial charge in [-0.3, -0.25) is 9.69 Å². The van der Waals surface area contributed by atoms with Gasteiger partial charge >= 0.3 is 5.97 Å². The Morgan fingerprint density at radius 3 is 2.63 bits per heavy atom. The second-order valence-electron chi connectivity index (χ2n) is 8.46. The van der Waals surface area contributed by atoms with Crippen LogP contribution in [0.2, 0.25) is 5.02 Å². The van der Waals surface area contributed by atoms with Crippen molar-refractivity contribution in [2.75, 3.05) is 20.7 Å². The highest BCUT2D eigenvalue weighted by Crippen LogP contribution is 2.32. The highest BCUT2D eigenvalue weighted by Gasteiger charge is 2.16. The third-order valence-electron chi connectivity index (χ3n) is 5.59. The number of carboxylic acids is 1. The summed E-state index contributed by atoms with van der Waals surface area (Å²) in [7, 11) is 3.41. The van der Waals surface area contributed by atoms with Crippen molar-refractivity contribution < 1.29 is 19.2 Å². The second-order valence-corrected chi connectivity index (χ2v) is 8.89. The highest BCUT2D eigenvalue weighted by molar-refractivity contribution is 6.30. The standard InChI is InChI=1S/C27H26ClN3O4/c1-17-6-4-5-7-23(17)24-9-8-19(12-21(24)16-34-3)27-29-26(30-35-27)20-10-18(11-22(28)13-20)14-31(2)15-25(32)33/h4-13H,14-16H2,1-3H3,(H,32,33). The monoisotopic (exact) mass is 491 g/mol. The molecule has 180 valence electrons. The Bertz CT molecular complexity index is 1350. The lowest BCUT2D eigenvalue weighted by Gasteiger charge is -2.14. The van der Waals surface area contributed by atoms with Gasteiger partial charge in [-0.05, 0) is 72.1 Å². The van der Waals surface area contributed by atoms with Gasteiger partial charge in [-0.2, -0.15) is 4.98 Å². The van der Waals surface area contributed by atoms with Gasteiger partial charge in [0.05, 0.1) is 13.2 Å². The number of hydrogen-bond acceptors (Lipinski definition) is 6. The van der Waals surface area contributed by atoms with Gasteiger partial charge in [0.25, 0.3) is 5.89 Å². The maximum absolute atomic E-state index is 11.0. The van der Waals surface area contributed by atoms with Gasteiger partial charge in [-0.15, -0.1) is 0 Å². The SMILES string of the molecule is COCc1cc(-c2nc(-c3cc(Cl)cc(CN(C)CC(=O)O)c3)no2)ccc1-c1ccccc1C. The number of aryl methyl sites for hydroxylation is 1. The molecule has 0 saturated heterocycles. The number of carboxylic acid groups (broad SMARTS) is 1. The van der Waals surface area contributed by atoms with Gasteiger partial charge < -0.3 is 14.4 Å². The van der Waals surface area contributed by atoms with Crippen LogP contribution >= 0.6 is 11.6 Å². The summed E-state index contributed by atoms with van der Waals surface area (Å²) in [6.45, 7) is 2.88. The number of ether oxygens (including phenoxy) is 1. The predicted molar refractivity (Wildman–Crippen MR) is 135 cm³/mol. The molecule has 0 aliphatic rings. The largest absolute Gasteiger partial charge is 0.480 e. The quantitative estimate of drug-likeness (QED) is 0.321. The van der Waals surface area contributed by atoms with E-state index in [1.165, 1.54) is 5.56 Å². The topological polar surface area (TPSA) is 88.7 Å². The highest BCUT2D eigenvalue weighted by atomic mass is 35.5. The molecule has 3 aromatic carbocycles. The van der Waals surface area contributed by atoms with E-state index in [-0.39, 0.29) is 6.54 Å². The van der Waals surface area contributed by atoms with Gasteiger partial charge in [0.1, 0.15) is 0 Å². The molecule has 35 heavy (non-hydrogen) atoms. The maximum Gasteiger partial charge on any atom is 0.317 e. The van der Waals surface area contributed by atoms with E-state index < -0.39 is 5.97 Å². The summed E-state index contributed by atoms with van der Waals surface area (Å²) in [4.78, 5) is 17.3. The van der Waals surface area contributed by atoms with Crippen molar-refractivity contribution in [3.05, 3.63) is 82.4 Å². The molecule has 0 amide bonds. The van der Waals surface area contributed by atoms with Crippen LogP contribution in [0.4, 0.5) is 0 Å². The number of carbonyl (C=O) groups is 1. The fraction of sp³-hybridized carbons (Fsp3) is 0.222.